The molecule has 0 amide bonds. The lowest BCUT2D eigenvalue weighted by Crippen LogP contribution is -2.25. The summed E-state index contributed by atoms with van der Waals surface area (Å²) in [6, 6.07) is 42.2. The smallest absolute Gasteiger partial charge is 0.343 e. The van der Waals surface area contributed by atoms with E-state index in [1.807, 2.05) is 62.4 Å². The largest absolute Gasteiger partial charge is 0.494 e. The molecule has 0 aromatic heterocycles. The standard InChI is InChI=1S/C49H46N2O9/c1-3-29-55-42-21-9-37(10-22-42)48(53)59-46-17-5-35(6-18-46)31-50-39-13-25-44(26-14-39)57-33-41(52)34-58-45-27-15-40(16-28-45)51-32-36-7-19-47(20-8-36)60-49(54)38-11-23-43(24-12-38)56-30-4-2/h5-28,31-32,41,52H,3-4,29-30,33-34H2,1-2H3. The Labute approximate surface area is 349 Å². The number of ether oxygens (including phenoxy) is 6. The molecular weight excluding hydrogens is 761 g/mol. The summed E-state index contributed by atoms with van der Waals surface area (Å²) in [5, 5.41) is 10.5. The second-order valence-electron chi connectivity index (χ2n) is 13.4. The van der Waals surface area contributed by atoms with E-state index in [0.29, 0.717) is 70.2 Å². The highest BCUT2D eigenvalue weighted by Crippen LogP contribution is 2.22. The number of nitrogens with zero attached hydrogens (tertiary/aromatic N) is 2. The van der Waals surface area contributed by atoms with Crippen LogP contribution >= 0.6 is 0 Å². The van der Waals surface area contributed by atoms with Gasteiger partial charge in [-0.3, -0.25) is 9.98 Å². The molecule has 6 aromatic rings. The summed E-state index contributed by atoms with van der Waals surface area (Å²) in [6.07, 6.45) is 4.38. The summed E-state index contributed by atoms with van der Waals surface area (Å²) in [5.74, 6) is 2.55. The summed E-state index contributed by atoms with van der Waals surface area (Å²) in [5.41, 5.74) is 3.97. The van der Waals surface area contributed by atoms with E-state index in [0.717, 1.165) is 24.0 Å². The molecule has 11 nitrogen and oxygen atoms in total. The Morgan fingerprint density at radius 2 is 0.783 bits per heavy atom. The molecule has 0 aliphatic rings. The fourth-order valence-corrected chi connectivity index (χ4v) is 5.38. The van der Waals surface area contributed by atoms with Gasteiger partial charge >= 0.3 is 11.9 Å². The number of carbonyl (C=O) groups excluding carboxylic acids is 2. The van der Waals surface area contributed by atoms with E-state index in [1.165, 1.54) is 0 Å². The normalized spacial score (nSPS) is 11.6. The average Bonchev–Trinajstić information content (AvgIpc) is 3.29. The van der Waals surface area contributed by atoms with Crippen molar-refractivity contribution in [3.8, 4) is 34.5 Å². The van der Waals surface area contributed by atoms with Crippen LogP contribution in [0.3, 0.4) is 0 Å². The lowest BCUT2D eigenvalue weighted by Gasteiger charge is -2.13. The fraction of sp³-hybridized carbons (Fsp3) is 0.184. The number of rotatable bonds is 20. The van der Waals surface area contributed by atoms with E-state index in [-0.39, 0.29) is 13.2 Å². The van der Waals surface area contributed by atoms with Crippen molar-refractivity contribution >= 4 is 35.7 Å². The van der Waals surface area contributed by atoms with Gasteiger partial charge in [-0.05, 0) is 170 Å². The number of hydrogen-bond acceptors (Lipinski definition) is 11. The zero-order valence-electron chi connectivity index (χ0n) is 33.4. The third-order valence-electron chi connectivity index (χ3n) is 8.59. The van der Waals surface area contributed by atoms with Gasteiger partial charge in [-0.2, -0.15) is 0 Å². The van der Waals surface area contributed by atoms with Crippen LogP contribution in [0.5, 0.6) is 34.5 Å². The predicted molar refractivity (Wildman–Crippen MR) is 232 cm³/mol. The number of esters is 2. The highest BCUT2D eigenvalue weighted by molar-refractivity contribution is 5.92. The molecule has 0 unspecified atom stereocenters. The number of aliphatic hydroxyl groups excluding tert-OH is 1. The van der Waals surface area contributed by atoms with Crippen LogP contribution < -0.4 is 28.4 Å². The van der Waals surface area contributed by atoms with Gasteiger partial charge in [-0.25, -0.2) is 9.59 Å². The van der Waals surface area contributed by atoms with Crippen LogP contribution in [0.15, 0.2) is 156 Å². The minimum absolute atomic E-state index is 0.0419. The third-order valence-corrected chi connectivity index (χ3v) is 8.59. The summed E-state index contributed by atoms with van der Waals surface area (Å²) in [4.78, 5) is 34.1. The van der Waals surface area contributed by atoms with Crippen molar-refractivity contribution < 1.29 is 43.1 Å². The molecule has 0 atom stereocenters. The molecule has 0 aliphatic heterocycles. The van der Waals surface area contributed by atoms with Crippen LogP contribution in [0.4, 0.5) is 11.4 Å². The van der Waals surface area contributed by atoms with E-state index < -0.39 is 18.0 Å². The van der Waals surface area contributed by atoms with Crippen molar-refractivity contribution in [2.75, 3.05) is 26.4 Å². The van der Waals surface area contributed by atoms with Gasteiger partial charge in [0.05, 0.1) is 35.7 Å². The first-order valence-corrected chi connectivity index (χ1v) is 19.7. The molecule has 1 N–H and O–H groups in total. The summed E-state index contributed by atoms with van der Waals surface area (Å²) >= 11 is 0. The van der Waals surface area contributed by atoms with Crippen LogP contribution in [-0.2, 0) is 0 Å². The average molecular weight is 807 g/mol. The summed E-state index contributed by atoms with van der Waals surface area (Å²) < 4.78 is 33.6. The molecule has 0 fully saturated rings. The monoisotopic (exact) mass is 806 g/mol. The minimum atomic E-state index is -0.860. The lowest BCUT2D eigenvalue weighted by molar-refractivity contribution is 0.0626. The van der Waals surface area contributed by atoms with E-state index in [1.54, 1.807) is 109 Å². The molecule has 0 radical (unpaired) electrons. The Bertz CT molecular complexity index is 2140. The first kappa shape index (κ1) is 42.4. The highest BCUT2D eigenvalue weighted by Gasteiger charge is 2.11. The van der Waals surface area contributed by atoms with Crippen LogP contribution in [-0.4, -0.2) is 62.0 Å². The first-order valence-electron chi connectivity index (χ1n) is 19.7. The van der Waals surface area contributed by atoms with Gasteiger partial charge < -0.3 is 33.5 Å². The molecule has 60 heavy (non-hydrogen) atoms. The Hall–Kier alpha value is -7.24. The highest BCUT2D eigenvalue weighted by atomic mass is 16.5. The van der Waals surface area contributed by atoms with Crippen molar-refractivity contribution in [1.82, 2.24) is 0 Å². The molecule has 0 saturated carbocycles. The fourth-order valence-electron chi connectivity index (χ4n) is 5.38. The van der Waals surface area contributed by atoms with Crippen LogP contribution in [0.1, 0.15) is 58.5 Å². The maximum atomic E-state index is 12.5. The Kier molecular flexibility index (Phi) is 15.6. The number of aliphatic imine (C=N–C) groups is 2. The van der Waals surface area contributed by atoms with E-state index in [2.05, 4.69) is 9.98 Å². The molecule has 0 heterocycles. The maximum absolute atomic E-state index is 12.5. The van der Waals surface area contributed by atoms with Gasteiger partial charge in [0, 0.05) is 12.4 Å². The van der Waals surface area contributed by atoms with Gasteiger partial charge in [0.25, 0.3) is 0 Å². The molecule has 11 heteroatoms. The zero-order valence-corrected chi connectivity index (χ0v) is 33.4. The third kappa shape index (κ3) is 13.4. The molecule has 0 spiro atoms. The molecule has 0 bridgehead atoms. The number of benzene rings is 6. The number of aliphatic hydroxyl groups is 1. The van der Waals surface area contributed by atoms with Gasteiger partial charge in [-0.1, -0.05) is 13.8 Å². The summed E-state index contributed by atoms with van der Waals surface area (Å²) in [6.45, 7) is 5.39. The molecule has 0 saturated heterocycles. The Morgan fingerprint density at radius 1 is 0.467 bits per heavy atom. The van der Waals surface area contributed by atoms with Gasteiger partial charge in [0.1, 0.15) is 53.8 Å². The quantitative estimate of drug-likeness (QED) is 0.0454. The number of hydrogen-bond donors (Lipinski definition) is 1. The Morgan fingerprint density at radius 3 is 1.13 bits per heavy atom. The van der Waals surface area contributed by atoms with Crippen molar-refractivity contribution in [2.45, 2.75) is 32.8 Å². The van der Waals surface area contributed by atoms with Crippen LogP contribution in [0.25, 0.3) is 0 Å². The molecule has 306 valence electrons. The molecular formula is C49H46N2O9. The van der Waals surface area contributed by atoms with Gasteiger partial charge in [-0.15, -0.1) is 0 Å². The molecule has 6 rings (SSSR count). The number of carbonyl (C=O) groups is 2. The van der Waals surface area contributed by atoms with E-state index in [9.17, 15) is 14.7 Å². The van der Waals surface area contributed by atoms with Gasteiger partial charge in [0.15, 0.2) is 0 Å². The summed E-state index contributed by atoms with van der Waals surface area (Å²) in [7, 11) is 0. The molecule has 0 aliphatic carbocycles. The topological polar surface area (TPSA) is 134 Å². The lowest BCUT2D eigenvalue weighted by atomic mass is 10.2. The van der Waals surface area contributed by atoms with Gasteiger partial charge in [0.2, 0.25) is 0 Å². The van der Waals surface area contributed by atoms with E-state index in [4.69, 9.17) is 28.4 Å². The maximum Gasteiger partial charge on any atom is 0.343 e. The first-order chi connectivity index (χ1) is 29.3. The van der Waals surface area contributed by atoms with Crippen LogP contribution in [0, 0.1) is 0 Å². The minimum Gasteiger partial charge on any atom is -0.494 e. The zero-order chi connectivity index (χ0) is 41.9. The second-order valence-corrected chi connectivity index (χ2v) is 13.4. The Balaban J connectivity index is 0.878. The van der Waals surface area contributed by atoms with Crippen molar-refractivity contribution in [2.24, 2.45) is 9.98 Å². The van der Waals surface area contributed by atoms with Crippen molar-refractivity contribution in [3.05, 3.63) is 168 Å². The van der Waals surface area contributed by atoms with Crippen molar-refractivity contribution in [3.63, 3.8) is 0 Å². The van der Waals surface area contributed by atoms with Crippen LogP contribution in [0.2, 0.25) is 0 Å². The van der Waals surface area contributed by atoms with Crippen molar-refractivity contribution in [1.29, 1.82) is 0 Å². The SMILES string of the molecule is CCCOc1ccc(C(=O)Oc2ccc(C=Nc3ccc(OCC(O)COc4ccc(N=Cc5ccc(OC(=O)c6ccc(OCCC)cc6)cc5)cc4)cc3)cc2)cc1. The van der Waals surface area contributed by atoms with E-state index >= 15 is 0 Å². The molecule has 6 aromatic carbocycles. The second kappa shape index (κ2) is 22.1. The predicted octanol–water partition coefficient (Wildman–Crippen LogP) is 10.0.